The molecule has 1 fully saturated rings. The maximum absolute atomic E-state index is 12.0. The van der Waals surface area contributed by atoms with E-state index in [2.05, 4.69) is 24.4 Å². The molecule has 0 unspecified atom stereocenters. The molecular formula is C11H18N2O2. The van der Waals surface area contributed by atoms with Gasteiger partial charge in [0.25, 0.3) is 0 Å². The summed E-state index contributed by atoms with van der Waals surface area (Å²) >= 11 is 0. The molecule has 15 heavy (non-hydrogen) atoms. The molecule has 1 heterocycles. The summed E-state index contributed by atoms with van der Waals surface area (Å²) in [5, 5.41) is 4.21. The predicted octanol–water partition coefficient (Wildman–Crippen LogP) is 0.966. The van der Waals surface area contributed by atoms with Crippen molar-refractivity contribution in [1.82, 2.24) is 5.43 Å². The molecule has 4 heteroatoms. The Morgan fingerprint density at radius 2 is 2.33 bits per heavy atom. The van der Waals surface area contributed by atoms with Crippen molar-refractivity contribution in [2.24, 2.45) is 16.4 Å². The molecule has 2 aliphatic rings. The molecule has 0 aromatic carbocycles. The minimum absolute atomic E-state index is 0.0435. The first-order chi connectivity index (χ1) is 7.03. The van der Waals surface area contributed by atoms with Crippen molar-refractivity contribution in [3.63, 3.8) is 0 Å². The lowest BCUT2D eigenvalue weighted by Gasteiger charge is -2.36. The lowest BCUT2D eigenvalue weighted by atomic mass is 9.69. The Morgan fingerprint density at radius 1 is 1.60 bits per heavy atom. The Labute approximate surface area is 90.1 Å². The molecule has 0 amide bonds. The molecule has 0 aromatic heterocycles. The molecule has 0 spiro atoms. The highest BCUT2D eigenvalue weighted by Gasteiger charge is 2.45. The van der Waals surface area contributed by atoms with Gasteiger partial charge in [-0.1, -0.05) is 13.8 Å². The van der Waals surface area contributed by atoms with Gasteiger partial charge in [0.15, 0.2) is 0 Å². The van der Waals surface area contributed by atoms with Gasteiger partial charge in [0.05, 0.1) is 24.3 Å². The maximum Gasteiger partial charge on any atom is 0.144 e. The van der Waals surface area contributed by atoms with Crippen LogP contribution in [0.4, 0.5) is 0 Å². The summed E-state index contributed by atoms with van der Waals surface area (Å²) in [4.78, 5) is 12.0. The van der Waals surface area contributed by atoms with Gasteiger partial charge in [-0.15, -0.1) is 0 Å². The standard InChI is InChI=1S/C11H18N2O2/c1-11(2)4-7-10(9(14)5-11)8(6-15-3)13-12-7/h7,10,12H,4-6H2,1-3H3/t7-,10+/m0/s1. The Hall–Kier alpha value is -0.900. The Balaban J connectivity index is 2.14. The number of Topliss-reactive ketones (excluding diaryl/α,β-unsaturated/α-hetero) is 1. The van der Waals surface area contributed by atoms with Gasteiger partial charge in [0, 0.05) is 13.5 Å². The minimum atomic E-state index is -0.0435. The molecule has 1 saturated carbocycles. The van der Waals surface area contributed by atoms with Gasteiger partial charge >= 0.3 is 0 Å². The summed E-state index contributed by atoms with van der Waals surface area (Å²) in [6.07, 6.45) is 1.65. The van der Waals surface area contributed by atoms with Gasteiger partial charge in [0.1, 0.15) is 5.78 Å². The third kappa shape index (κ3) is 1.91. The third-order valence-corrected chi connectivity index (χ3v) is 3.20. The smallest absolute Gasteiger partial charge is 0.144 e. The van der Waals surface area contributed by atoms with E-state index in [-0.39, 0.29) is 17.4 Å². The summed E-state index contributed by atoms with van der Waals surface area (Å²) in [5.74, 6) is 0.259. The van der Waals surface area contributed by atoms with Crippen LogP contribution in [0.5, 0.6) is 0 Å². The van der Waals surface area contributed by atoms with Gasteiger partial charge in [-0.25, -0.2) is 0 Å². The van der Waals surface area contributed by atoms with E-state index < -0.39 is 0 Å². The van der Waals surface area contributed by atoms with Crippen molar-refractivity contribution >= 4 is 11.5 Å². The van der Waals surface area contributed by atoms with Crippen molar-refractivity contribution in [3.8, 4) is 0 Å². The molecule has 0 bridgehead atoms. The fourth-order valence-electron chi connectivity index (χ4n) is 2.63. The first kappa shape index (κ1) is 10.6. The number of methoxy groups -OCH3 is 1. The van der Waals surface area contributed by atoms with Crippen molar-refractivity contribution in [2.75, 3.05) is 13.7 Å². The predicted molar refractivity (Wildman–Crippen MR) is 57.7 cm³/mol. The topological polar surface area (TPSA) is 50.7 Å². The number of nitrogens with zero attached hydrogens (tertiary/aromatic N) is 1. The zero-order valence-corrected chi connectivity index (χ0v) is 9.54. The van der Waals surface area contributed by atoms with E-state index in [4.69, 9.17) is 4.74 Å². The number of carbonyl (C=O) groups is 1. The van der Waals surface area contributed by atoms with E-state index in [9.17, 15) is 4.79 Å². The number of hydrogen-bond acceptors (Lipinski definition) is 4. The fraction of sp³-hybridized carbons (Fsp3) is 0.818. The van der Waals surface area contributed by atoms with Crippen LogP contribution in [0, 0.1) is 11.3 Å². The van der Waals surface area contributed by atoms with E-state index in [1.807, 2.05) is 0 Å². The summed E-state index contributed by atoms with van der Waals surface area (Å²) in [6, 6.07) is 0.186. The number of carbonyl (C=O) groups excluding carboxylic acids is 1. The molecule has 0 aromatic rings. The summed E-state index contributed by atoms with van der Waals surface area (Å²) in [5.41, 5.74) is 4.03. The third-order valence-electron chi connectivity index (χ3n) is 3.20. The van der Waals surface area contributed by atoms with Crippen LogP contribution in [-0.4, -0.2) is 31.3 Å². The molecular weight excluding hydrogens is 192 g/mol. The fourth-order valence-corrected chi connectivity index (χ4v) is 2.63. The quantitative estimate of drug-likeness (QED) is 0.738. The summed E-state index contributed by atoms with van der Waals surface area (Å²) in [7, 11) is 1.63. The summed E-state index contributed by atoms with van der Waals surface area (Å²) < 4.78 is 5.05. The van der Waals surface area contributed by atoms with Crippen LogP contribution in [0.1, 0.15) is 26.7 Å². The second kappa shape index (κ2) is 3.59. The lowest BCUT2D eigenvalue weighted by molar-refractivity contribution is -0.126. The first-order valence-corrected chi connectivity index (χ1v) is 5.37. The van der Waals surface area contributed by atoms with Crippen molar-refractivity contribution in [3.05, 3.63) is 0 Å². The van der Waals surface area contributed by atoms with Crippen molar-refractivity contribution in [1.29, 1.82) is 0 Å². The van der Waals surface area contributed by atoms with Crippen LogP contribution in [0.2, 0.25) is 0 Å². The first-order valence-electron chi connectivity index (χ1n) is 5.37. The molecule has 1 aliphatic heterocycles. The van der Waals surface area contributed by atoms with Crippen LogP contribution >= 0.6 is 0 Å². The number of rotatable bonds is 2. The van der Waals surface area contributed by atoms with E-state index in [0.29, 0.717) is 18.8 Å². The normalized spacial score (nSPS) is 33.3. The number of hydrogen-bond donors (Lipinski definition) is 1. The van der Waals surface area contributed by atoms with Gasteiger partial charge in [-0.05, 0) is 11.8 Å². The Kier molecular flexibility index (Phi) is 2.54. The Morgan fingerprint density at radius 3 is 3.00 bits per heavy atom. The van der Waals surface area contributed by atoms with E-state index >= 15 is 0 Å². The van der Waals surface area contributed by atoms with Crippen LogP contribution in [0.3, 0.4) is 0 Å². The average Bonchev–Trinajstić information content (AvgIpc) is 2.46. The highest BCUT2D eigenvalue weighted by molar-refractivity contribution is 6.08. The molecule has 1 aliphatic carbocycles. The molecule has 2 rings (SSSR count). The summed E-state index contributed by atoms with van der Waals surface area (Å²) in [6.45, 7) is 4.73. The van der Waals surface area contributed by atoms with Crippen molar-refractivity contribution in [2.45, 2.75) is 32.7 Å². The lowest BCUT2D eigenvalue weighted by Crippen LogP contribution is -2.45. The monoisotopic (exact) mass is 210 g/mol. The molecule has 0 saturated heterocycles. The van der Waals surface area contributed by atoms with Crippen LogP contribution in [0.25, 0.3) is 0 Å². The highest BCUT2D eigenvalue weighted by atomic mass is 16.5. The molecule has 1 N–H and O–H groups in total. The van der Waals surface area contributed by atoms with Crippen LogP contribution in [0.15, 0.2) is 5.10 Å². The van der Waals surface area contributed by atoms with Gasteiger partial charge in [0.2, 0.25) is 0 Å². The molecule has 2 atom stereocenters. The second-order valence-corrected chi connectivity index (χ2v) is 5.26. The van der Waals surface area contributed by atoms with Crippen LogP contribution in [-0.2, 0) is 9.53 Å². The number of ether oxygens (including phenoxy) is 1. The molecule has 4 nitrogen and oxygen atoms in total. The van der Waals surface area contributed by atoms with E-state index in [0.717, 1.165) is 12.1 Å². The van der Waals surface area contributed by atoms with Gasteiger partial charge in [-0.3, -0.25) is 4.79 Å². The second-order valence-electron chi connectivity index (χ2n) is 5.26. The minimum Gasteiger partial charge on any atom is -0.379 e. The van der Waals surface area contributed by atoms with E-state index in [1.54, 1.807) is 7.11 Å². The van der Waals surface area contributed by atoms with Crippen LogP contribution < -0.4 is 5.43 Å². The number of fused-ring (bicyclic) bond motifs is 1. The van der Waals surface area contributed by atoms with Gasteiger partial charge < -0.3 is 10.2 Å². The number of nitrogens with one attached hydrogen (secondary N) is 1. The maximum atomic E-state index is 12.0. The van der Waals surface area contributed by atoms with Crippen molar-refractivity contribution < 1.29 is 9.53 Å². The number of hydrazone groups is 1. The Bertz CT molecular complexity index is 310. The number of ketones is 1. The van der Waals surface area contributed by atoms with Gasteiger partial charge in [-0.2, -0.15) is 5.10 Å². The zero-order chi connectivity index (χ0) is 11.1. The molecule has 84 valence electrons. The average molecular weight is 210 g/mol. The SMILES string of the molecule is COCC1=NN[C@H]2CC(C)(C)CC(=O)[C@@H]12. The zero-order valence-electron chi connectivity index (χ0n) is 9.54. The highest BCUT2D eigenvalue weighted by Crippen LogP contribution is 2.38. The largest absolute Gasteiger partial charge is 0.379 e. The molecule has 0 radical (unpaired) electrons. The van der Waals surface area contributed by atoms with E-state index in [1.165, 1.54) is 0 Å².